The third-order valence-electron chi connectivity index (χ3n) is 3.79. The topological polar surface area (TPSA) is 64.6 Å². The van der Waals surface area contributed by atoms with Crippen LogP contribution in [0.2, 0.25) is 0 Å². The van der Waals surface area contributed by atoms with E-state index in [1.54, 1.807) is 30.3 Å². The molecule has 0 amide bonds. The number of rotatable bonds is 3. The molecule has 5 nitrogen and oxygen atoms in total. The number of nitrogens with zero attached hydrogens (tertiary/aromatic N) is 2. The van der Waals surface area contributed by atoms with Crippen molar-refractivity contribution in [3.8, 4) is 22.6 Å². The molecule has 1 aromatic carbocycles. The molecule has 0 aliphatic heterocycles. The molecule has 0 bridgehead atoms. The Morgan fingerprint density at radius 2 is 1.75 bits per heavy atom. The van der Waals surface area contributed by atoms with E-state index in [4.69, 9.17) is 4.42 Å². The molecular weight excluding hydrogens is 324 g/mol. The van der Waals surface area contributed by atoms with Crippen molar-refractivity contribution in [2.75, 3.05) is 6.26 Å². The average molecular weight is 337 g/mol. The number of hydrogen-bond donors (Lipinski definition) is 0. The van der Waals surface area contributed by atoms with E-state index >= 15 is 0 Å². The number of benzene rings is 1. The van der Waals surface area contributed by atoms with Crippen LogP contribution in [0.5, 0.6) is 0 Å². The van der Waals surface area contributed by atoms with Crippen molar-refractivity contribution < 1.29 is 12.8 Å². The van der Waals surface area contributed by atoms with Crippen LogP contribution in [0.25, 0.3) is 28.2 Å². The van der Waals surface area contributed by atoms with Crippen LogP contribution in [0.15, 0.2) is 70.2 Å². The van der Waals surface area contributed by atoms with E-state index < -0.39 is 9.84 Å². The van der Waals surface area contributed by atoms with Gasteiger partial charge < -0.3 is 8.82 Å². The van der Waals surface area contributed by atoms with Crippen LogP contribution >= 0.6 is 0 Å². The van der Waals surface area contributed by atoms with E-state index in [0.717, 1.165) is 28.2 Å². The summed E-state index contributed by atoms with van der Waals surface area (Å²) >= 11 is 0. The second-order valence-electron chi connectivity index (χ2n) is 5.52. The Morgan fingerprint density at radius 1 is 1.00 bits per heavy atom. The molecule has 0 aliphatic carbocycles. The summed E-state index contributed by atoms with van der Waals surface area (Å²) in [5.74, 6) is 0.740. The van der Waals surface area contributed by atoms with Gasteiger partial charge in [-0.25, -0.2) is 13.4 Å². The molecule has 24 heavy (non-hydrogen) atoms. The van der Waals surface area contributed by atoms with Gasteiger partial charge in [0.2, 0.25) is 0 Å². The van der Waals surface area contributed by atoms with Crippen molar-refractivity contribution in [1.29, 1.82) is 0 Å². The lowest BCUT2D eigenvalue weighted by molar-refractivity contribution is 0.573. The van der Waals surface area contributed by atoms with Crippen molar-refractivity contribution in [2.24, 2.45) is 0 Å². The lowest BCUT2D eigenvalue weighted by atomic mass is 10.2. The molecule has 3 heterocycles. The van der Waals surface area contributed by atoms with Crippen molar-refractivity contribution >= 4 is 15.5 Å². The largest absolute Gasteiger partial charge is 0.453 e. The van der Waals surface area contributed by atoms with Gasteiger partial charge in [-0.05, 0) is 36.4 Å². The maximum absolute atomic E-state index is 11.5. The first-order chi connectivity index (χ1) is 11.5. The number of hydrogen-bond acceptors (Lipinski definition) is 4. The average Bonchev–Trinajstić information content (AvgIpc) is 3.23. The SMILES string of the molecule is CS(=O)(=O)c1ccc(-c2cn3cc(-c4cc[c]o4)ccc3n2)cc1. The van der Waals surface area contributed by atoms with Gasteiger partial charge in [0.1, 0.15) is 11.4 Å². The number of furan rings is 1. The van der Waals surface area contributed by atoms with Crippen LogP contribution in [0, 0.1) is 6.26 Å². The standard InChI is InChI=1S/C18H13N2O3S/c1-24(21,22)15-7-4-13(5-8-15)16-12-20-11-14(6-9-18(20)19-16)17-3-2-10-23-17/h2-9,11-12H,1H3. The summed E-state index contributed by atoms with van der Waals surface area (Å²) in [7, 11) is -3.20. The Bertz CT molecular complexity index is 1110. The number of imidazole rings is 1. The summed E-state index contributed by atoms with van der Waals surface area (Å²) in [6, 6.07) is 14.1. The minimum absolute atomic E-state index is 0.298. The van der Waals surface area contributed by atoms with Crippen LogP contribution in [0.3, 0.4) is 0 Å². The molecule has 4 aromatic rings. The third-order valence-corrected chi connectivity index (χ3v) is 4.91. The Balaban J connectivity index is 1.75. The summed E-state index contributed by atoms with van der Waals surface area (Å²) in [5, 5.41) is 0. The highest BCUT2D eigenvalue weighted by atomic mass is 32.2. The van der Waals surface area contributed by atoms with Gasteiger partial charge >= 0.3 is 0 Å². The van der Waals surface area contributed by atoms with Gasteiger partial charge in [0.15, 0.2) is 16.1 Å². The van der Waals surface area contributed by atoms with Gasteiger partial charge in [0.05, 0.1) is 10.6 Å². The van der Waals surface area contributed by atoms with Crippen molar-refractivity contribution in [2.45, 2.75) is 4.90 Å². The smallest absolute Gasteiger partial charge is 0.175 e. The van der Waals surface area contributed by atoms with Crippen LogP contribution < -0.4 is 0 Å². The van der Waals surface area contributed by atoms with E-state index in [1.807, 2.05) is 35.0 Å². The summed E-state index contributed by atoms with van der Waals surface area (Å²) < 4.78 is 30.3. The fourth-order valence-corrected chi connectivity index (χ4v) is 3.18. The van der Waals surface area contributed by atoms with E-state index in [9.17, 15) is 8.42 Å². The molecule has 4 rings (SSSR count). The van der Waals surface area contributed by atoms with Gasteiger partial charge in [-0.2, -0.15) is 0 Å². The normalized spacial score (nSPS) is 11.9. The molecule has 0 spiro atoms. The van der Waals surface area contributed by atoms with E-state index in [0.29, 0.717) is 4.90 Å². The Labute approximate surface area is 139 Å². The van der Waals surface area contributed by atoms with Crippen LogP contribution in [0.4, 0.5) is 0 Å². The van der Waals surface area contributed by atoms with Gasteiger partial charge in [-0.1, -0.05) is 12.1 Å². The Morgan fingerprint density at radius 3 is 2.42 bits per heavy atom. The summed E-state index contributed by atoms with van der Waals surface area (Å²) in [4.78, 5) is 4.87. The minimum Gasteiger partial charge on any atom is -0.453 e. The third kappa shape index (κ3) is 2.61. The lowest BCUT2D eigenvalue weighted by Gasteiger charge is -1.99. The second kappa shape index (κ2) is 5.35. The van der Waals surface area contributed by atoms with Gasteiger partial charge in [0, 0.05) is 29.8 Å². The summed E-state index contributed by atoms with van der Waals surface area (Å²) in [6.45, 7) is 0. The maximum atomic E-state index is 11.5. The lowest BCUT2D eigenvalue weighted by Crippen LogP contribution is -1.96. The molecule has 6 heteroatoms. The maximum Gasteiger partial charge on any atom is 0.175 e. The molecule has 119 valence electrons. The molecule has 0 aliphatic rings. The fraction of sp³-hybridized carbons (Fsp3) is 0.0556. The first kappa shape index (κ1) is 14.7. The van der Waals surface area contributed by atoms with Crippen molar-refractivity contribution in [1.82, 2.24) is 9.38 Å². The minimum atomic E-state index is -3.20. The Hall–Kier alpha value is -2.86. The molecule has 1 radical (unpaired) electrons. The zero-order valence-corrected chi connectivity index (χ0v) is 13.6. The highest BCUT2D eigenvalue weighted by Gasteiger charge is 2.10. The van der Waals surface area contributed by atoms with Crippen LogP contribution in [-0.2, 0) is 9.84 Å². The summed E-state index contributed by atoms with van der Waals surface area (Å²) in [6.07, 6.45) is 7.71. The van der Waals surface area contributed by atoms with E-state index in [1.165, 1.54) is 6.26 Å². The van der Waals surface area contributed by atoms with Gasteiger partial charge in [0.25, 0.3) is 0 Å². The number of fused-ring (bicyclic) bond motifs is 1. The quantitative estimate of drug-likeness (QED) is 0.574. The first-order valence-electron chi connectivity index (χ1n) is 7.26. The van der Waals surface area contributed by atoms with Crippen molar-refractivity contribution in [3.05, 3.63) is 67.2 Å². The molecule has 3 aromatic heterocycles. The van der Waals surface area contributed by atoms with E-state index in [-0.39, 0.29) is 0 Å². The highest BCUT2D eigenvalue weighted by molar-refractivity contribution is 7.90. The second-order valence-corrected chi connectivity index (χ2v) is 7.54. The highest BCUT2D eigenvalue weighted by Crippen LogP contribution is 2.24. The molecular formula is C18H13N2O3S. The van der Waals surface area contributed by atoms with Gasteiger partial charge in [-0.15, -0.1) is 0 Å². The zero-order chi connectivity index (χ0) is 16.7. The van der Waals surface area contributed by atoms with Crippen molar-refractivity contribution in [3.63, 3.8) is 0 Å². The Kier molecular flexibility index (Phi) is 3.28. The predicted octanol–water partition coefficient (Wildman–Crippen LogP) is 3.46. The molecule has 0 fully saturated rings. The van der Waals surface area contributed by atoms with Crippen LogP contribution in [-0.4, -0.2) is 24.1 Å². The summed E-state index contributed by atoms with van der Waals surface area (Å²) in [5.41, 5.74) is 3.37. The number of aromatic nitrogens is 2. The fourth-order valence-electron chi connectivity index (χ4n) is 2.55. The van der Waals surface area contributed by atoms with Crippen LogP contribution in [0.1, 0.15) is 0 Å². The monoisotopic (exact) mass is 337 g/mol. The predicted molar refractivity (Wildman–Crippen MR) is 90.3 cm³/mol. The van der Waals surface area contributed by atoms with Gasteiger partial charge in [-0.3, -0.25) is 0 Å². The molecule has 0 saturated carbocycles. The first-order valence-corrected chi connectivity index (χ1v) is 9.15. The molecule has 0 atom stereocenters. The number of pyridine rings is 1. The molecule has 0 unspecified atom stereocenters. The molecule has 0 saturated heterocycles. The van der Waals surface area contributed by atoms with E-state index in [2.05, 4.69) is 11.2 Å². The zero-order valence-electron chi connectivity index (χ0n) is 12.8. The number of sulfone groups is 1. The molecule has 0 N–H and O–H groups in total.